The second-order valence-electron chi connectivity index (χ2n) is 10.5. The normalized spacial score (nSPS) is 47.3. The van der Waals surface area contributed by atoms with Crippen LogP contribution in [0.2, 0.25) is 0 Å². The van der Waals surface area contributed by atoms with E-state index < -0.39 is 5.41 Å². The summed E-state index contributed by atoms with van der Waals surface area (Å²) < 4.78 is 5.24. The zero-order valence-corrected chi connectivity index (χ0v) is 17.9. The maximum atomic E-state index is 12.8. The van der Waals surface area contributed by atoms with Crippen molar-refractivity contribution in [2.24, 2.45) is 52.3 Å². The van der Waals surface area contributed by atoms with Gasteiger partial charge in [0.25, 0.3) is 0 Å². The molecule has 4 nitrogen and oxygen atoms in total. The van der Waals surface area contributed by atoms with Crippen molar-refractivity contribution in [1.29, 1.82) is 0 Å². The van der Waals surface area contributed by atoms with Crippen LogP contribution in [0, 0.1) is 52.3 Å². The van der Waals surface area contributed by atoms with E-state index in [1.54, 1.807) is 0 Å². The van der Waals surface area contributed by atoms with Crippen LogP contribution in [0.3, 0.4) is 0 Å². The molecule has 3 aliphatic carbocycles. The summed E-state index contributed by atoms with van der Waals surface area (Å²) in [6, 6.07) is 0. The summed E-state index contributed by atoms with van der Waals surface area (Å²) in [5, 5.41) is 20.6. The van der Waals surface area contributed by atoms with Crippen molar-refractivity contribution in [3.63, 3.8) is 0 Å². The number of ether oxygens (including phenoxy) is 1. The molecule has 156 valence electrons. The minimum atomic E-state index is -0.455. The van der Waals surface area contributed by atoms with E-state index in [-0.39, 0.29) is 42.4 Å². The molecule has 3 saturated carbocycles. The smallest absolute Gasteiger partial charge is 0.311 e. The summed E-state index contributed by atoms with van der Waals surface area (Å²) in [5.41, 5.74) is -0.364. The molecule has 0 heterocycles. The number of carbonyl (C=O) groups excluding carboxylic acids is 1. The van der Waals surface area contributed by atoms with E-state index in [1.807, 2.05) is 0 Å². The number of methoxy groups -OCH3 is 1. The summed E-state index contributed by atoms with van der Waals surface area (Å²) in [4.78, 5) is 12.8. The van der Waals surface area contributed by atoms with Crippen LogP contribution in [0.25, 0.3) is 0 Å². The molecule has 8 atom stereocenters. The number of rotatable bonds is 4. The molecular formula is C23H40O4. The quantitative estimate of drug-likeness (QED) is 0.726. The maximum Gasteiger partial charge on any atom is 0.311 e. The molecule has 0 aromatic heterocycles. The molecule has 0 amide bonds. The van der Waals surface area contributed by atoms with Crippen molar-refractivity contribution in [2.45, 2.75) is 66.2 Å². The summed E-state index contributed by atoms with van der Waals surface area (Å²) in [5.74, 6) is 2.54. The minimum absolute atomic E-state index is 0.0804. The van der Waals surface area contributed by atoms with Gasteiger partial charge in [-0.1, -0.05) is 27.2 Å². The highest BCUT2D eigenvalue weighted by Gasteiger charge is 2.63. The molecule has 8 unspecified atom stereocenters. The molecule has 3 fully saturated rings. The van der Waals surface area contributed by atoms with Gasteiger partial charge in [-0.25, -0.2) is 0 Å². The van der Waals surface area contributed by atoms with Crippen molar-refractivity contribution < 1.29 is 19.7 Å². The molecule has 0 radical (unpaired) electrons. The summed E-state index contributed by atoms with van der Waals surface area (Å²) in [6.07, 6.45) is 6.27. The summed E-state index contributed by atoms with van der Waals surface area (Å²) in [7, 11) is 1.50. The van der Waals surface area contributed by atoms with Gasteiger partial charge >= 0.3 is 5.97 Å². The molecular weight excluding hydrogens is 340 g/mol. The van der Waals surface area contributed by atoms with Crippen molar-refractivity contribution in [3.8, 4) is 0 Å². The zero-order valence-electron chi connectivity index (χ0n) is 17.9. The van der Waals surface area contributed by atoms with Crippen LogP contribution in [-0.4, -0.2) is 36.5 Å². The number of aliphatic hydroxyl groups is 2. The standard InChI is InChI=1S/C23H40O4/c1-14(2)16-7-8-18-20(17(16)13-25)15(12-24)11-19-22(18,3)9-6-10-23(19,4)21(26)27-5/h14-20,24-25H,6-13H2,1-5H3. The molecule has 0 aliphatic heterocycles. The van der Waals surface area contributed by atoms with Crippen molar-refractivity contribution in [2.75, 3.05) is 20.3 Å². The fourth-order valence-electron chi connectivity index (χ4n) is 7.91. The van der Waals surface area contributed by atoms with Gasteiger partial charge in [0.2, 0.25) is 0 Å². The molecule has 3 rings (SSSR count). The molecule has 0 aromatic rings. The summed E-state index contributed by atoms with van der Waals surface area (Å²) >= 11 is 0. The Balaban J connectivity index is 2.01. The third-order valence-electron chi connectivity index (χ3n) is 9.18. The van der Waals surface area contributed by atoms with E-state index >= 15 is 0 Å². The second-order valence-corrected chi connectivity index (χ2v) is 10.5. The number of esters is 1. The van der Waals surface area contributed by atoms with Crippen LogP contribution < -0.4 is 0 Å². The van der Waals surface area contributed by atoms with Gasteiger partial charge in [-0.15, -0.1) is 0 Å². The van der Waals surface area contributed by atoms with Gasteiger partial charge in [-0.2, -0.15) is 0 Å². The third kappa shape index (κ3) is 3.15. The first kappa shape index (κ1) is 21.1. The summed E-state index contributed by atoms with van der Waals surface area (Å²) in [6.45, 7) is 9.40. The average Bonchev–Trinajstić information content (AvgIpc) is 2.65. The Morgan fingerprint density at radius 3 is 2.41 bits per heavy atom. The van der Waals surface area contributed by atoms with E-state index in [9.17, 15) is 15.0 Å². The Morgan fingerprint density at radius 1 is 1.15 bits per heavy atom. The zero-order chi connectivity index (χ0) is 20.0. The SMILES string of the molecule is COC(=O)C1(C)CCCC2(C)C3CCC(C(C)C)C(CO)C3C(CO)CC12. The molecule has 4 heteroatoms. The van der Waals surface area contributed by atoms with Crippen molar-refractivity contribution >= 4 is 5.97 Å². The molecule has 0 bridgehead atoms. The first-order chi connectivity index (χ1) is 12.7. The highest BCUT2D eigenvalue weighted by atomic mass is 16.5. The molecule has 3 aliphatic rings. The van der Waals surface area contributed by atoms with Crippen LogP contribution in [0.5, 0.6) is 0 Å². The van der Waals surface area contributed by atoms with Gasteiger partial charge in [0.05, 0.1) is 12.5 Å². The Kier molecular flexibility index (Phi) is 5.99. The fraction of sp³-hybridized carbons (Fsp3) is 0.957. The Bertz CT molecular complexity index is 546. The van der Waals surface area contributed by atoms with Gasteiger partial charge in [0.1, 0.15) is 0 Å². The van der Waals surface area contributed by atoms with Gasteiger partial charge < -0.3 is 14.9 Å². The van der Waals surface area contributed by atoms with Crippen molar-refractivity contribution in [1.82, 2.24) is 0 Å². The lowest BCUT2D eigenvalue weighted by atomic mass is 9.40. The molecule has 0 spiro atoms. The van der Waals surface area contributed by atoms with Crippen LogP contribution in [0.1, 0.15) is 66.2 Å². The number of carbonyl (C=O) groups is 1. The maximum absolute atomic E-state index is 12.8. The number of aliphatic hydroxyl groups excluding tert-OH is 2. The third-order valence-corrected chi connectivity index (χ3v) is 9.18. The predicted molar refractivity (Wildman–Crippen MR) is 106 cm³/mol. The van der Waals surface area contributed by atoms with Gasteiger partial charge in [-0.3, -0.25) is 4.79 Å². The Labute approximate surface area is 165 Å². The van der Waals surface area contributed by atoms with E-state index in [0.717, 1.165) is 38.5 Å². The average molecular weight is 381 g/mol. The van der Waals surface area contributed by atoms with Crippen LogP contribution in [-0.2, 0) is 9.53 Å². The molecule has 2 N–H and O–H groups in total. The number of fused-ring (bicyclic) bond motifs is 3. The molecule has 0 saturated heterocycles. The Hall–Kier alpha value is -0.610. The first-order valence-electron chi connectivity index (χ1n) is 11.0. The lowest BCUT2D eigenvalue weighted by Gasteiger charge is -2.64. The monoisotopic (exact) mass is 380 g/mol. The highest BCUT2D eigenvalue weighted by Crippen LogP contribution is 2.66. The first-order valence-corrected chi connectivity index (χ1v) is 11.0. The van der Waals surface area contributed by atoms with Crippen LogP contribution in [0.15, 0.2) is 0 Å². The Morgan fingerprint density at radius 2 is 1.85 bits per heavy atom. The van der Waals surface area contributed by atoms with Gasteiger partial charge in [0, 0.05) is 13.2 Å². The van der Waals surface area contributed by atoms with E-state index in [2.05, 4.69) is 27.7 Å². The lowest BCUT2D eigenvalue weighted by molar-refractivity contribution is -0.194. The molecule has 0 aromatic carbocycles. The molecule has 27 heavy (non-hydrogen) atoms. The van der Waals surface area contributed by atoms with Gasteiger partial charge in [-0.05, 0) is 85.9 Å². The fourth-order valence-corrected chi connectivity index (χ4v) is 7.91. The highest BCUT2D eigenvalue weighted by molar-refractivity contribution is 5.77. The van der Waals surface area contributed by atoms with E-state index in [4.69, 9.17) is 4.74 Å². The number of hydrogen-bond donors (Lipinski definition) is 2. The second kappa shape index (κ2) is 7.67. The van der Waals surface area contributed by atoms with Crippen molar-refractivity contribution in [3.05, 3.63) is 0 Å². The topological polar surface area (TPSA) is 66.8 Å². The predicted octanol–water partition coefficient (Wildman–Crippen LogP) is 3.89. The van der Waals surface area contributed by atoms with E-state index in [1.165, 1.54) is 7.11 Å². The minimum Gasteiger partial charge on any atom is -0.469 e. The van der Waals surface area contributed by atoms with Crippen LogP contribution in [0.4, 0.5) is 0 Å². The van der Waals surface area contributed by atoms with Gasteiger partial charge in [0.15, 0.2) is 0 Å². The van der Waals surface area contributed by atoms with E-state index in [0.29, 0.717) is 23.7 Å². The van der Waals surface area contributed by atoms with Crippen LogP contribution >= 0.6 is 0 Å². The largest absolute Gasteiger partial charge is 0.469 e. The lowest BCUT2D eigenvalue weighted by Crippen LogP contribution is -2.61. The number of hydrogen-bond acceptors (Lipinski definition) is 4.